The summed E-state index contributed by atoms with van der Waals surface area (Å²) < 4.78 is 10.3. The van der Waals surface area contributed by atoms with Crippen LogP contribution in [-0.2, 0) is 9.47 Å². The maximum atomic E-state index is 9.33. The van der Waals surface area contributed by atoms with E-state index in [1.807, 2.05) is 0 Å². The molecule has 70 valence electrons. The highest BCUT2D eigenvalue weighted by Gasteiger charge is 2.25. The van der Waals surface area contributed by atoms with Gasteiger partial charge in [0, 0.05) is 0 Å². The Labute approximate surface area is 71.4 Å². The van der Waals surface area contributed by atoms with Gasteiger partial charge >= 0.3 is 0 Å². The quantitative estimate of drug-likeness (QED) is 0.562. The van der Waals surface area contributed by atoms with Crippen molar-refractivity contribution in [1.82, 2.24) is 0 Å². The molecule has 12 heavy (non-hydrogen) atoms. The first-order valence-electron chi connectivity index (χ1n) is 3.96. The van der Waals surface area contributed by atoms with Gasteiger partial charge in [0.2, 0.25) is 0 Å². The van der Waals surface area contributed by atoms with Gasteiger partial charge in [0.25, 0.3) is 0 Å². The Morgan fingerprint density at radius 3 is 3.00 bits per heavy atom. The minimum Gasteiger partial charge on any atom is -0.392 e. The summed E-state index contributed by atoms with van der Waals surface area (Å²) in [5.41, 5.74) is 0. The van der Waals surface area contributed by atoms with Crippen molar-refractivity contribution in [3.05, 3.63) is 12.2 Å². The number of rotatable bonds is 2. The van der Waals surface area contributed by atoms with Crippen molar-refractivity contribution < 1.29 is 19.7 Å². The maximum absolute atomic E-state index is 9.33. The molecule has 0 unspecified atom stereocenters. The number of aliphatic hydroxyl groups excluding tert-OH is 2. The molecule has 4 heteroatoms. The summed E-state index contributed by atoms with van der Waals surface area (Å²) >= 11 is 0. The van der Waals surface area contributed by atoms with E-state index in [1.54, 1.807) is 19.1 Å². The van der Waals surface area contributed by atoms with Crippen LogP contribution in [0.5, 0.6) is 0 Å². The largest absolute Gasteiger partial charge is 0.392 e. The number of aliphatic hydroxyl groups is 2. The lowest BCUT2D eigenvalue weighted by Gasteiger charge is -2.30. The van der Waals surface area contributed by atoms with Gasteiger partial charge < -0.3 is 19.7 Å². The molecule has 2 N–H and O–H groups in total. The fraction of sp³-hybridized carbons (Fsp3) is 0.750. The molecule has 0 saturated carbocycles. The van der Waals surface area contributed by atoms with E-state index in [4.69, 9.17) is 14.6 Å². The summed E-state index contributed by atoms with van der Waals surface area (Å²) in [7, 11) is 0. The van der Waals surface area contributed by atoms with Crippen LogP contribution < -0.4 is 0 Å². The zero-order valence-corrected chi connectivity index (χ0v) is 7.01. The fourth-order valence-corrected chi connectivity index (χ4v) is 1.05. The molecule has 0 aliphatic carbocycles. The van der Waals surface area contributed by atoms with Crippen LogP contribution in [0.4, 0.5) is 0 Å². The molecule has 0 amide bonds. The molecule has 1 fully saturated rings. The lowest BCUT2D eigenvalue weighted by molar-refractivity contribution is -0.230. The van der Waals surface area contributed by atoms with Crippen molar-refractivity contribution in [3.8, 4) is 0 Å². The third kappa shape index (κ3) is 2.57. The van der Waals surface area contributed by atoms with E-state index in [2.05, 4.69) is 0 Å². The lowest BCUT2D eigenvalue weighted by atomic mass is 10.2. The summed E-state index contributed by atoms with van der Waals surface area (Å²) in [6.07, 6.45) is 1.90. The molecule has 1 heterocycles. The van der Waals surface area contributed by atoms with E-state index >= 15 is 0 Å². The second-order valence-electron chi connectivity index (χ2n) is 2.68. The van der Waals surface area contributed by atoms with Gasteiger partial charge in [0.15, 0.2) is 6.29 Å². The van der Waals surface area contributed by atoms with Crippen LogP contribution in [0, 0.1) is 0 Å². The topological polar surface area (TPSA) is 58.9 Å². The molecule has 1 aliphatic rings. The Balaban J connectivity index is 2.43. The first kappa shape index (κ1) is 9.67. The normalized spacial score (nSPS) is 37.4. The molecule has 0 bridgehead atoms. The minimum atomic E-state index is -0.635. The zero-order chi connectivity index (χ0) is 8.97. The second-order valence-corrected chi connectivity index (χ2v) is 2.68. The summed E-state index contributed by atoms with van der Waals surface area (Å²) in [4.78, 5) is 0. The van der Waals surface area contributed by atoms with Gasteiger partial charge in [-0.3, -0.25) is 0 Å². The van der Waals surface area contributed by atoms with Crippen LogP contribution >= 0.6 is 0 Å². The maximum Gasteiger partial charge on any atom is 0.155 e. The summed E-state index contributed by atoms with van der Waals surface area (Å²) in [6.45, 7) is 2.01. The fourth-order valence-electron chi connectivity index (χ4n) is 1.05. The third-order valence-corrected chi connectivity index (χ3v) is 1.66. The van der Waals surface area contributed by atoms with Gasteiger partial charge in [0.1, 0.15) is 12.2 Å². The van der Waals surface area contributed by atoms with Crippen molar-refractivity contribution in [2.45, 2.75) is 25.4 Å². The molecule has 0 aromatic carbocycles. The van der Waals surface area contributed by atoms with E-state index in [-0.39, 0.29) is 25.6 Å². The van der Waals surface area contributed by atoms with Crippen LogP contribution in [0.25, 0.3) is 0 Å². The molecule has 0 radical (unpaired) electrons. The smallest absolute Gasteiger partial charge is 0.155 e. The van der Waals surface area contributed by atoms with E-state index in [0.29, 0.717) is 0 Å². The highest BCUT2D eigenvalue weighted by molar-refractivity contribution is 4.94. The lowest BCUT2D eigenvalue weighted by Crippen LogP contribution is -2.41. The Morgan fingerprint density at radius 1 is 1.58 bits per heavy atom. The number of hydrogen-bond acceptors (Lipinski definition) is 4. The Morgan fingerprint density at radius 2 is 2.33 bits per heavy atom. The van der Waals surface area contributed by atoms with Crippen LogP contribution in [0.15, 0.2) is 12.2 Å². The molecule has 0 aromatic heterocycles. The van der Waals surface area contributed by atoms with E-state index in [0.717, 1.165) is 0 Å². The summed E-state index contributed by atoms with van der Waals surface area (Å²) in [6, 6.07) is 0. The van der Waals surface area contributed by atoms with Crippen molar-refractivity contribution in [2.75, 3.05) is 13.2 Å². The van der Waals surface area contributed by atoms with Gasteiger partial charge in [-0.25, -0.2) is 0 Å². The SMILES string of the molecule is C[C@@H]1OC[C@@H](O)[C@H](/C=C/CO)O1. The highest BCUT2D eigenvalue weighted by atomic mass is 16.7. The predicted molar refractivity (Wildman–Crippen MR) is 42.5 cm³/mol. The van der Waals surface area contributed by atoms with E-state index in [9.17, 15) is 5.11 Å². The van der Waals surface area contributed by atoms with Crippen molar-refractivity contribution in [1.29, 1.82) is 0 Å². The molecule has 1 aliphatic heterocycles. The molecular weight excluding hydrogens is 160 g/mol. The summed E-state index contributed by atoms with van der Waals surface area (Å²) in [5.74, 6) is 0. The minimum absolute atomic E-state index is 0.0399. The molecule has 4 nitrogen and oxygen atoms in total. The van der Waals surface area contributed by atoms with Crippen LogP contribution in [0.2, 0.25) is 0 Å². The van der Waals surface area contributed by atoms with Crippen LogP contribution in [0.1, 0.15) is 6.92 Å². The Bertz CT molecular complexity index is 157. The number of ether oxygens (including phenoxy) is 2. The van der Waals surface area contributed by atoms with Gasteiger partial charge in [-0.1, -0.05) is 12.2 Å². The van der Waals surface area contributed by atoms with Gasteiger partial charge in [-0.2, -0.15) is 0 Å². The third-order valence-electron chi connectivity index (χ3n) is 1.66. The standard InChI is InChI=1S/C8H14O4/c1-6-11-5-7(10)8(12-6)3-2-4-9/h2-3,6-10H,4-5H2,1H3/b3-2+/t6-,7-,8+/m1/s1. The van der Waals surface area contributed by atoms with E-state index < -0.39 is 6.10 Å². The Kier molecular flexibility index (Phi) is 3.68. The van der Waals surface area contributed by atoms with Crippen LogP contribution in [0.3, 0.4) is 0 Å². The molecule has 0 spiro atoms. The number of hydrogen-bond donors (Lipinski definition) is 2. The summed E-state index contributed by atoms with van der Waals surface area (Å²) in [5, 5.41) is 17.8. The van der Waals surface area contributed by atoms with Crippen LogP contribution in [-0.4, -0.2) is 41.9 Å². The van der Waals surface area contributed by atoms with E-state index in [1.165, 1.54) is 0 Å². The average molecular weight is 174 g/mol. The molecule has 1 saturated heterocycles. The van der Waals surface area contributed by atoms with Crippen molar-refractivity contribution in [3.63, 3.8) is 0 Å². The first-order valence-corrected chi connectivity index (χ1v) is 3.96. The van der Waals surface area contributed by atoms with Crippen molar-refractivity contribution >= 4 is 0 Å². The molecule has 1 rings (SSSR count). The first-order chi connectivity index (χ1) is 5.74. The molecular formula is C8H14O4. The average Bonchev–Trinajstić information content (AvgIpc) is 2.07. The monoisotopic (exact) mass is 174 g/mol. The Hall–Kier alpha value is -0.420. The van der Waals surface area contributed by atoms with Crippen molar-refractivity contribution in [2.24, 2.45) is 0 Å². The van der Waals surface area contributed by atoms with Gasteiger partial charge in [0.05, 0.1) is 13.2 Å². The zero-order valence-electron chi connectivity index (χ0n) is 7.01. The van der Waals surface area contributed by atoms with Gasteiger partial charge in [-0.15, -0.1) is 0 Å². The second kappa shape index (κ2) is 4.57. The molecule has 0 aromatic rings. The highest BCUT2D eigenvalue weighted by Crippen LogP contribution is 2.13. The van der Waals surface area contributed by atoms with Gasteiger partial charge in [-0.05, 0) is 6.92 Å². The predicted octanol–water partition coefficient (Wildman–Crippen LogP) is -0.343. The molecule has 3 atom stereocenters.